The number of anilines is 1. The van der Waals surface area contributed by atoms with E-state index in [0.29, 0.717) is 5.13 Å². The number of nitrogens with zero attached hydrogens (tertiary/aromatic N) is 5. The Bertz CT molecular complexity index is 1500. The van der Waals surface area contributed by atoms with Gasteiger partial charge < -0.3 is 9.88 Å². The van der Waals surface area contributed by atoms with Crippen LogP contribution in [0.2, 0.25) is 0 Å². The van der Waals surface area contributed by atoms with E-state index in [1.165, 1.54) is 33.8 Å². The number of carbonyl (C=O) groups excluding carboxylic acids is 1. The lowest BCUT2D eigenvalue weighted by Crippen LogP contribution is -2.42. The van der Waals surface area contributed by atoms with Crippen LogP contribution in [-0.4, -0.2) is 29.6 Å². The molecule has 9 nitrogen and oxygen atoms in total. The highest BCUT2D eigenvalue weighted by atomic mass is 32.1. The zero-order valence-corrected chi connectivity index (χ0v) is 19.4. The highest BCUT2D eigenvalue weighted by molar-refractivity contribution is 7.24. The lowest BCUT2D eigenvalue weighted by atomic mass is 10.3. The fourth-order valence-corrected chi connectivity index (χ4v) is 6.00. The molecule has 12 heteroatoms. The second kappa shape index (κ2) is 7.97. The average Bonchev–Trinajstić information content (AvgIpc) is 3.56. The van der Waals surface area contributed by atoms with Crippen LogP contribution < -0.4 is 16.6 Å². The van der Waals surface area contributed by atoms with Crippen LogP contribution in [0.4, 0.5) is 5.13 Å². The minimum atomic E-state index is -0.603. The minimum Gasteiger partial charge on any atom is -0.328 e. The second-order valence-corrected chi connectivity index (χ2v) is 9.85. The van der Waals surface area contributed by atoms with E-state index in [2.05, 4.69) is 15.3 Å². The number of amides is 1. The minimum absolute atomic E-state index is 0.258. The summed E-state index contributed by atoms with van der Waals surface area (Å²) < 4.78 is 3.71. The van der Waals surface area contributed by atoms with E-state index < -0.39 is 23.7 Å². The van der Waals surface area contributed by atoms with Crippen molar-refractivity contribution in [3.8, 4) is 20.3 Å². The number of carbonyl (C=O) groups is 1. The molecule has 5 rings (SSSR count). The van der Waals surface area contributed by atoms with Crippen LogP contribution in [0, 0.1) is 0 Å². The summed E-state index contributed by atoms with van der Waals surface area (Å²) >= 11 is 4.53. The fraction of sp³-hybridized carbons (Fsp3) is 0.150. The normalized spacial score (nSPS) is 11.3. The molecule has 0 aliphatic heterocycles. The van der Waals surface area contributed by atoms with Gasteiger partial charge in [0.2, 0.25) is 5.91 Å². The Morgan fingerprint density at radius 3 is 2.50 bits per heavy atom. The van der Waals surface area contributed by atoms with E-state index in [0.717, 1.165) is 24.9 Å². The van der Waals surface area contributed by atoms with E-state index >= 15 is 0 Å². The number of fused-ring (bicyclic) bond motifs is 1. The van der Waals surface area contributed by atoms with Crippen molar-refractivity contribution in [2.75, 3.05) is 5.32 Å². The summed E-state index contributed by atoms with van der Waals surface area (Å²) in [5.74, 6) is -0.505. The van der Waals surface area contributed by atoms with Gasteiger partial charge in [-0.15, -0.1) is 22.7 Å². The Hall–Kier alpha value is -3.35. The predicted octanol–water partition coefficient (Wildman–Crippen LogP) is 2.99. The Morgan fingerprint density at radius 2 is 1.81 bits per heavy atom. The quantitative estimate of drug-likeness (QED) is 0.413. The number of nitrogens with one attached hydrogen (secondary N) is 1. The van der Waals surface area contributed by atoms with Crippen LogP contribution in [0.25, 0.3) is 31.5 Å². The first-order valence-electron chi connectivity index (χ1n) is 9.43. The summed E-state index contributed by atoms with van der Waals surface area (Å²) in [6.45, 7) is -0.422. The third-order valence-corrected chi connectivity index (χ3v) is 7.77. The van der Waals surface area contributed by atoms with Gasteiger partial charge in [-0.2, -0.15) is 0 Å². The van der Waals surface area contributed by atoms with E-state index in [4.69, 9.17) is 0 Å². The van der Waals surface area contributed by atoms with Crippen molar-refractivity contribution in [3.05, 3.63) is 62.2 Å². The number of aromatic nitrogens is 5. The largest absolute Gasteiger partial charge is 0.332 e. The molecule has 5 aromatic rings. The van der Waals surface area contributed by atoms with Crippen molar-refractivity contribution >= 4 is 56.2 Å². The molecule has 1 amide bonds. The molecule has 0 radical (unpaired) electrons. The van der Waals surface area contributed by atoms with E-state index in [-0.39, 0.29) is 11.2 Å². The van der Waals surface area contributed by atoms with E-state index in [1.807, 2.05) is 35.0 Å². The number of aryl methyl sites for hydroxylation is 2. The molecule has 32 heavy (non-hydrogen) atoms. The number of thiophene rings is 2. The standard InChI is InChI=1S/C20H16N6O3S3/c1-24-10-21-17-15(24)18(28)26(20(29)25(17)2)9-13(27)22-19-23-14(11-5-3-7-30-11)16(32-19)12-6-4-8-31-12/h3-8,10H,9H2,1-2H3,(H,22,23,27). The molecule has 0 fully saturated rings. The summed E-state index contributed by atoms with van der Waals surface area (Å²) in [4.78, 5) is 50.0. The zero-order valence-electron chi connectivity index (χ0n) is 16.9. The summed E-state index contributed by atoms with van der Waals surface area (Å²) in [6.07, 6.45) is 1.46. The highest BCUT2D eigenvalue weighted by Gasteiger charge is 2.20. The summed E-state index contributed by atoms with van der Waals surface area (Å²) in [5, 5.41) is 7.13. The highest BCUT2D eigenvalue weighted by Crippen LogP contribution is 2.42. The van der Waals surface area contributed by atoms with Gasteiger partial charge in [-0.25, -0.2) is 19.3 Å². The topological polar surface area (TPSA) is 104 Å². The maximum absolute atomic E-state index is 12.8. The van der Waals surface area contributed by atoms with Crippen LogP contribution in [-0.2, 0) is 25.4 Å². The molecule has 0 aromatic carbocycles. The van der Waals surface area contributed by atoms with E-state index in [1.54, 1.807) is 29.7 Å². The number of imidazole rings is 1. The molecule has 162 valence electrons. The number of rotatable bonds is 5. The average molecular weight is 485 g/mol. The SMILES string of the molecule is Cn1cnc2c1c(=O)n(CC(=O)Nc1nc(-c3cccs3)c(-c3cccs3)s1)c(=O)n2C. The Morgan fingerprint density at radius 1 is 1.09 bits per heavy atom. The first-order chi connectivity index (χ1) is 15.4. The molecule has 5 aromatic heterocycles. The third kappa shape index (κ3) is 3.42. The molecular weight excluding hydrogens is 468 g/mol. The van der Waals surface area contributed by atoms with Crippen LogP contribution in [0.1, 0.15) is 0 Å². The molecule has 0 atom stereocenters. The Labute approximate surface area is 192 Å². The van der Waals surface area contributed by atoms with Crippen molar-refractivity contribution in [1.29, 1.82) is 0 Å². The van der Waals surface area contributed by atoms with Crippen LogP contribution in [0.15, 0.2) is 50.9 Å². The number of hydrogen-bond acceptors (Lipinski definition) is 8. The Balaban J connectivity index is 1.48. The Kier molecular flexibility index (Phi) is 5.12. The zero-order chi connectivity index (χ0) is 22.4. The fourth-order valence-electron chi connectivity index (χ4n) is 3.37. The molecular formula is C20H16N6O3S3. The molecule has 0 unspecified atom stereocenters. The van der Waals surface area contributed by atoms with Gasteiger partial charge in [0.15, 0.2) is 16.3 Å². The van der Waals surface area contributed by atoms with Crippen molar-refractivity contribution in [2.24, 2.45) is 14.1 Å². The molecule has 0 aliphatic carbocycles. The van der Waals surface area contributed by atoms with Gasteiger partial charge in [0.1, 0.15) is 12.2 Å². The smallest absolute Gasteiger partial charge is 0.328 e. The van der Waals surface area contributed by atoms with Crippen LogP contribution >= 0.6 is 34.0 Å². The van der Waals surface area contributed by atoms with Gasteiger partial charge >= 0.3 is 5.69 Å². The molecule has 0 aliphatic rings. The van der Waals surface area contributed by atoms with Crippen LogP contribution in [0.5, 0.6) is 0 Å². The number of thiazole rings is 1. The molecule has 0 spiro atoms. The van der Waals surface area contributed by atoms with Gasteiger partial charge in [0.05, 0.1) is 16.1 Å². The molecule has 0 bridgehead atoms. The first-order valence-corrected chi connectivity index (χ1v) is 12.0. The summed E-state index contributed by atoms with van der Waals surface area (Å²) in [5.41, 5.74) is 0.173. The van der Waals surface area contributed by atoms with Gasteiger partial charge in [0, 0.05) is 19.0 Å². The lowest BCUT2D eigenvalue weighted by Gasteiger charge is -2.08. The predicted molar refractivity (Wildman–Crippen MR) is 128 cm³/mol. The second-order valence-electron chi connectivity index (χ2n) is 6.96. The van der Waals surface area contributed by atoms with Crippen molar-refractivity contribution < 1.29 is 4.79 Å². The van der Waals surface area contributed by atoms with Gasteiger partial charge in [0.25, 0.3) is 5.56 Å². The van der Waals surface area contributed by atoms with Crippen molar-refractivity contribution in [2.45, 2.75) is 6.54 Å². The maximum atomic E-state index is 12.8. The first kappa shape index (κ1) is 20.5. The maximum Gasteiger partial charge on any atom is 0.332 e. The lowest BCUT2D eigenvalue weighted by molar-refractivity contribution is -0.116. The number of hydrogen-bond donors (Lipinski definition) is 1. The van der Waals surface area contributed by atoms with Crippen molar-refractivity contribution in [3.63, 3.8) is 0 Å². The summed E-state index contributed by atoms with van der Waals surface area (Å²) in [6, 6.07) is 7.90. The van der Waals surface area contributed by atoms with Crippen molar-refractivity contribution in [1.82, 2.24) is 23.7 Å². The summed E-state index contributed by atoms with van der Waals surface area (Å²) in [7, 11) is 3.19. The van der Waals surface area contributed by atoms with Gasteiger partial charge in [-0.3, -0.25) is 14.2 Å². The monoisotopic (exact) mass is 484 g/mol. The molecule has 5 heterocycles. The molecule has 0 saturated heterocycles. The van der Waals surface area contributed by atoms with Gasteiger partial charge in [-0.1, -0.05) is 23.5 Å². The van der Waals surface area contributed by atoms with Crippen LogP contribution in [0.3, 0.4) is 0 Å². The van der Waals surface area contributed by atoms with Gasteiger partial charge in [-0.05, 0) is 22.9 Å². The van der Waals surface area contributed by atoms with E-state index in [9.17, 15) is 14.4 Å². The molecule has 0 saturated carbocycles. The third-order valence-electron chi connectivity index (χ3n) is 4.88. The molecule has 1 N–H and O–H groups in total.